The fraction of sp³-hybridized carbons (Fsp3) is 0.778. The van der Waals surface area contributed by atoms with Gasteiger partial charge in [0, 0.05) is 13.0 Å². The van der Waals surface area contributed by atoms with Crippen LogP contribution < -0.4 is 5.32 Å². The minimum atomic E-state index is -0.679. The molecule has 1 spiro atoms. The monoisotopic (exact) mass is 183 g/mol. The zero-order valence-corrected chi connectivity index (χ0v) is 7.54. The number of amides is 1. The summed E-state index contributed by atoms with van der Waals surface area (Å²) in [5.74, 6) is -0.842. The van der Waals surface area contributed by atoms with E-state index in [0.717, 1.165) is 19.3 Å². The molecule has 0 aromatic rings. The molecule has 2 aliphatic carbocycles. The lowest BCUT2D eigenvalue weighted by molar-refractivity contribution is -0.140. The summed E-state index contributed by atoms with van der Waals surface area (Å²) in [7, 11) is 0. The number of rotatable bonds is 2. The van der Waals surface area contributed by atoms with E-state index in [1.807, 2.05) is 0 Å². The van der Waals surface area contributed by atoms with Gasteiger partial charge in [-0.1, -0.05) is 0 Å². The predicted octanol–water partition coefficient (Wildman–Crippen LogP) is 0.376. The first-order chi connectivity index (χ1) is 6.03. The Morgan fingerprint density at radius 2 is 2.00 bits per heavy atom. The topological polar surface area (TPSA) is 66.4 Å². The third-order valence-electron chi connectivity index (χ3n) is 3.20. The highest BCUT2D eigenvalue weighted by atomic mass is 16.4. The predicted molar refractivity (Wildman–Crippen MR) is 45.0 cm³/mol. The van der Waals surface area contributed by atoms with Crippen molar-refractivity contribution in [3.63, 3.8) is 0 Å². The summed E-state index contributed by atoms with van der Waals surface area (Å²) in [6, 6.07) is 0.224. The van der Waals surface area contributed by atoms with Crippen LogP contribution in [-0.4, -0.2) is 23.0 Å². The second kappa shape index (κ2) is 2.47. The Morgan fingerprint density at radius 3 is 2.38 bits per heavy atom. The van der Waals surface area contributed by atoms with Crippen molar-refractivity contribution in [2.75, 3.05) is 0 Å². The number of carbonyl (C=O) groups is 2. The minimum absolute atomic E-state index is 0.0209. The van der Waals surface area contributed by atoms with Gasteiger partial charge >= 0.3 is 5.97 Å². The molecular formula is C9H13NO3. The molecule has 2 fully saturated rings. The smallest absolute Gasteiger partial charge is 0.307 e. The molecule has 1 amide bonds. The molecule has 2 saturated carbocycles. The van der Waals surface area contributed by atoms with Crippen LogP contribution in [0.1, 0.15) is 26.2 Å². The Kier molecular flexibility index (Phi) is 1.62. The van der Waals surface area contributed by atoms with Crippen LogP contribution in [0.25, 0.3) is 0 Å². The average molecular weight is 183 g/mol. The molecule has 0 radical (unpaired) electrons. The normalized spacial score (nSPS) is 41.0. The number of hydrogen-bond acceptors (Lipinski definition) is 2. The van der Waals surface area contributed by atoms with Gasteiger partial charge in [0.1, 0.15) is 0 Å². The largest absolute Gasteiger partial charge is 0.481 e. The van der Waals surface area contributed by atoms with Crippen LogP contribution >= 0.6 is 0 Å². The Morgan fingerprint density at radius 1 is 1.38 bits per heavy atom. The van der Waals surface area contributed by atoms with Crippen LogP contribution in [0.4, 0.5) is 0 Å². The number of hydrogen-bond donors (Lipinski definition) is 2. The number of aliphatic carboxylic acids is 1. The standard InChI is InChI=1S/C9H13NO3/c1-5(11)10-6-2-9(3-6)4-7(9)8(12)13/h6-7H,2-4H2,1H3,(H,10,11)(H,12,13)/t6?,7-,9?/m1/s1. The molecule has 2 aliphatic rings. The van der Waals surface area contributed by atoms with Crippen LogP contribution in [-0.2, 0) is 9.59 Å². The van der Waals surface area contributed by atoms with Crippen molar-refractivity contribution in [2.24, 2.45) is 11.3 Å². The first-order valence-electron chi connectivity index (χ1n) is 4.53. The molecule has 0 aliphatic heterocycles. The van der Waals surface area contributed by atoms with Crippen LogP contribution in [0.3, 0.4) is 0 Å². The van der Waals surface area contributed by atoms with Crippen molar-refractivity contribution in [3.8, 4) is 0 Å². The van der Waals surface area contributed by atoms with Gasteiger partial charge in [0.05, 0.1) is 5.92 Å². The molecule has 0 saturated heterocycles. The summed E-state index contributed by atoms with van der Waals surface area (Å²) in [4.78, 5) is 21.3. The van der Waals surface area contributed by atoms with Gasteiger partial charge in [0.15, 0.2) is 0 Å². The van der Waals surface area contributed by atoms with E-state index in [1.54, 1.807) is 0 Å². The maximum absolute atomic E-state index is 10.7. The highest BCUT2D eigenvalue weighted by Gasteiger charge is 2.64. The lowest BCUT2D eigenvalue weighted by Gasteiger charge is -2.36. The zero-order valence-electron chi connectivity index (χ0n) is 7.54. The van der Waals surface area contributed by atoms with E-state index in [2.05, 4.69) is 5.32 Å². The molecule has 0 aromatic heterocycles. The molecule has 0 aromatic carbocycles. The molecule has 4 nitrogen and oxygen atoms in total. The molecule has 1 atom stereocenters. The summed E-state index contributed by atoms with van der Waals surface area (Å²) in [5, 5.41) is 11.5. The molecular weight excluding hydrogens is 170 g/mol. The van der Waals surface area contributed by atoms with Crippen LogP contribution in [0.2, 0.25) is 0 Å². The average Bonchev–Trinajstić information content (AvgIpc) is 2.60. The maximum Gasteiger partial charge on any atom is 0.307 e. The summed E-state index contributed by atoms with van der Waals surface area (Å²) in [5.41, 5.74) is 0.0545. The molecule has 13 heavy (non-hydrogen) atoms. The van der Waals surface area contributed by atoms with Crippen LogP contribution in [0, 0.1) is 11.3 Å². The number of carboxylic acids is 1. The van der Waals surface area contributed by atoms with Gasteiger partial charge in [0.2, 0.25) is 5.91 Å². The molecule has 2 rings (SSSR count). The van der Waals surface area contributed by atoms with Gasteiger partial charge < -0.3 is 10.4 Å². The van der Waals surface area contributed by atoms with Crippen molar-refractivity contribution in [1.82, 2.24) is 5.32 Å². The number of carbonyl (C=O) groups excluding carboxylic acids is 1. The third kappa shape index (κ3) is 1.30. The fourth-order valence-electron chi connectivity index (χ4n) is 2.46. The van der Waals surface area contributed by atoms with E-state index >= 15 is 0 Å². The van der Waals surface area contributed by atoms with Crippen LogP contribution in [0.15, 0.2) is 0 Å². The number of nitrogens with one attached hydrogen (secondary N) is 1. The number of carboxylic acid groups (broad SMARTS) is 1. The highest BCUT2D eigenvalue weighted by molar-refractivity contribution is 5.76. The van der Waals surface area contributed by atoms with Crippen molar-refractivity contribution < 1.29 is 14.7 Å². The first-order valence-corrected chi connectivity index (χ1v) is 4.53. The van der Waals surface area contributed by atoms with Crippen molar-refractivity contribution >= 4 is 11.9 Å². The lowest BCUT2D eigenvalue weighted by atomic mass is 9.75. The molecule has 0 heterocycles. The van der Waals surface area contributed by atoms with Gasteiger partial charge in [-0.2, -0.15) is 0 Å². The Hall–Kier alpha value is -1.06. The maximum atomic E-state index is 10.7. The van der Waals surface area contributed by atoms with Gasteiger partial charge in [-0.15, -0.1) is 0 Å². The second-order valence-electron chi connectivity index (χ2n) is 4.26. The summed E-state index contributed by atoms with van der Waals surface area (Å²) in [6.07, 6.45) is 2.51. The molecule has 2 N–H and O–H groups in total. The molecule has 72 valence electrons. The SMILES string of the molecule is CC(=O)NC1CC2(C1)C[C@@H]2C(=O)O. The van der Waals surface area contributed by atoms with E-state index in [0.29, 0.717) is 0 Å². The van der Waals surface area contributed by atoms with E-state index in [1.165, 1.54) is 6.92 Å². The fourth-order valence-corrected chi connectivity index (χ4v) is 2.46. The third-order valence-corrected chi connectivity index (χ3v) is 3.20. The molecule has 4 heteroatoms. The summed E-state index contributed by atoms with van der Waals surface area (Å²) < 4.78 is 0. The van der Waals surface area contributed by atoms with E-state index in [-0.39, 0.29) is 23.3 Å². The van der Waals surface area contributed by atoms with Gasteiger partial charge in [-0.3, -0.25) is 9.59 Å². The van der Waals surface area contributed by atoms with Gasteiger partial charge in [-0.05, 0) is 24.7 Å². The van der Waals surface area contributed by atoms with Crippen molar-refractivity contribution in [2.45, 2.75) is 32.2 Å². The van der Waals surface area contributed by atoms with Gasteiger partial charge in [-0.25, -0.2) is 0 Å². The lowest BCUT2D eigenvalue weighted by Crippen LogP contribution is -2.45. The van der Waals surface area contributed by atoms with Gasteiger partial charge in [0.25, 0.3) is 0 Å². The molecule has 0 bridgehead atoms. The Labute approximate surface area is 76.3 Å². The van der Waals surface area contributed by atoms with Crippen molar-refractivity contribution in [1.29, 1.82) is 0 Å². The highest BCUT2D eigenvalue weighted by Crippen LogP contribution is 2.65. The minimum Gasteiger partial charge on any atom is -0.481 e. The quantitative estimate of drug-likeness (QED) is 0.650. The van der Waals surface area contributed by atoms with Crippen LogP contribution in [0.5, 0.6) is 0 Å². The second-order valence-corrected chi connectivity index (χ2v) is 4.26. The van der Waals surface area contributed by atoms with Crippen molar-refractivity contribution in [3.05, 3.63) is 0 Å². The van der Waals surface area contributed by atoms with E-state index in [4.69, 9.17) is 5.11 Å². The summed E-state index contributed by atoms with van der Waals surface area (Å²) in [6.45, 7) is 1.49. The first kappa shape index (κ1) is 8.53. The van der Waals surface area contributed by atoms with E-state index in [9.17, 15) is 9.59 Å². The molecule has 0 unspecified atom stereocenters. The van der Waals surface area contributed by atoms with E-state index < -0.39 is 5.97 Å². The Bertz CT molecular complexity index is 268. The Balaban J connectivity index is 1.80. The summed E-state index contributed by atoms with van der Waals surface area (Å²) >= 11 is 0. The zero-order chi connectivity index (χ0) is 9.64.